The predicted octanol–water partition coefficient (Wildman–Crippen LogP) is 1.31. The summed E-state index contributed by atoms with van der Waals surface area (Å²) in [6.45, 7) is 0.928. The van der Waals surface area contributed by atoms with E-state index in [-0.39, 0.29) is 5.69 Å². The molecule has 0 bridgehead atoms. The smallest absolute Gasteiger partial charge is 0.379 e. The Bertz CT molecular complexity index is 764. The molecule has 0 fully saturated rings. The molecule has 0 aliphatic carbocycles. The molecule has 0 heterocycles. The predicted molar refractivity (Wildman–Crippen MR) is 75.1 cm³/mol. The van der Waals surface area contributed by atoms with E-state index in [2.05, 4.69) is 0 Å². The minimum Gasteiger partial charge on any atom is -0.379 e. The van der Waals surface area contributed by atoms with Gasteiger partial charge in [0, 0.05) is 11.9 Å². The van der Waals surface area contributed by atoms with E-state index in [1.54, 1.807) is 0 Å². The zero-order valence-corrected chi connectivity index (χ0v) is 12.9. The van der Waals surface area contributed by atoms with Gasteiger partial charge in [-0.15, -0.1) is 0 Å². The van der Waals surface area contributed by atoms with E-state index in [9.17, 15) is 31.5 Å². The van der Waals surface area contributed by atoms with E-state index in [0.717, 1.165) is 25.3 Å². The van der Waals surface area contributed by atoms with Gasteiger partial charge in [0.15, 0.2) is 15.4 Å². The molecule has 23 heavy (non-hydrogen) atoms. The number of nitrogens with zero attached hydrogens (tertiary/aromatic N) is 1. The maximum absolute atomic E-state index is 12.8. The van der Waals surface area contributed by atoms with Crippen LogP contribution < -0.4 is 5.32 Å². The number of amides is 1. The fourth-order valence-corrected chi connectivity index (χ4v) is 2.95. The van der Waals surface area contributed by atoms with Crippen LogP contribution in [0.15, 0.2) is 18.2 Å². The van der Waals surface area contributed by atoms with Gasteiger partial charge in [0.25, 0.3) is 5.91 Å². The topological polar surface area (TPSA) is 107 Å². The van der Waals surface area contributed by atoms with Crippen LogP contribution in [0.2, 0.25) is 0 Å². The molecule has 2 N–H and O–H groups in total. The third-order valence-corrected chi connectivity index (χ3v) is 3.82. The second kappa shape index (κ2) is 6.17. The van der Waals surface area contributed by atoms with Crippen molar-refractivity contribution in [1.82, 2.24) is 0 Å². The van der Waals surface area contributed by atoms with Gasteiger partial charge in [-0.05, 0) is 25.1 Å². The number of hydrogen-bond donors (Lipinski definition) is 2. The van der Waals surface area contributed by atoms with Crippen molar-refractivity contribution >= 4 is 21.4 Å². The van der Waals surface area contributed by atoms with Crippen LogP contribution in [0.5, 0.6) is 0 Å². The number of alkyl halides is 3. The molecule has 0 radical (unpaired) electrons. The first-order chi connectivity index (χ1) is 10.3. The second-order valence-corrected chi connectivity index (χ2v) is 7.31. The number of aliphatic hydroxyl groups is 1. The van der Waals surface area contributed by atoms with Gasteiger partial charge in [-0.25, -0.2) is 8.42 Å². The Kier molecular flexibility index (Phi) is 5.08. The number of nitriles is 1. The quantitative estimate of drug-likeness (QED) is 0.851. The molecule has 0 aliphatic heterocycles. The van der Waals surface area contributed by atoms with E-state index >= 15 is 0 Å². The van der Waals surface area contributed by atoms with Crippen LogP contribution in [0.4, 0.5) is 18.9 Å². The lowest BCUT2D eigenvalue weighted by atomic mass is 10.1. The van der Waals surface area contributed by atoms with Crippen LogP contribution in [0.1, 0.15) is 18.1 Å². The third kappa shape index (κ3) is 5.22. The average Bonchev–Trinajstić information content (AvgIpc) is 2.34. The number of benzene rings is 1. The molecule has 1 aromatic carbocycles. The van der Waals surface area contributed by atoms with E-state index in [1.807, 2.05) is 5.32 Å². The number of carbonyl (C=O) groups excluding carboxylic acids is 1. The van der Waals surface area contributed by atoms with Crippen LogP contribution in [-0.2, 0) is 20.8 Å². The third-order valence-electron chi connectivity index (χ3n) is 2.74. The molecule has 126 valence electrons. The highest BCUT2D eigenvalue weighted by Gasteiger charge is 2.36. The summed E-state index contributed by atoms with van der Waals surface area (Å²) < 4.78 is 60.7. The van der Waals surface area contributed by atoms with E-state index < -0.39 is 44.4 Å². The lowest BCUT2D eigenvalue weighted by Gasteiger charge is -2.21. The molecular formula is C13H13F3N2O4S. The maximum atomic E-state index is 12.8. The number of nitrogens with one attached hydrogen (secondary N) is 1. The van der Waals surface area contributed by atoms with Gasteiger partial charge in [-0.1, -0.05) is 0 Å². The molecule has 6 nitrogen and oxygen atoms in total. The Morgan fingerprint density at radius 1 is 1.39 bits per heavy atom. The summed E-state index contributed by atoms with van der Waals surface area (Å²) in [4.78, 5) is 11.9. The summed E-state index contributed by atoms with van der Waals surface area (Å²) in [7, 11) is -3.70. The van der Waals surface area contributed by atoms with Crippen LogP contribution >= 0.6 is 0 Å². The Balaban J connectivity index is 3.11. The molecule has 1 atom stereocenters. The van der Waals surface area contributed by atoms with E-state index in [4.69, 9.17) is 5.26 Å². The zero-order valence-electron chi connectivity index (χ0n) is 12.1. The van der Waals surface area contributed by atoms with E-state index in [1.165, 1.54) is 6.07 Å². The van der Waals surface area contributed by atoms with Crippen molar-refractivity contribution in [1.29, 1.82) is 5.26 Å². The average molecular weight is 350 g/mol. The lowest BCUT2D eigenvalue weighted by molar-refractivity contribution is -0.137. The van der Waals surface area contributed by atoms with Crippen molar-refractivity contribution in [2.45, 2.75) is 18.7 Å². The normalized spacial score (nSPS) is 14.7. The van der Waals surface area contributed by atoms with Crippen LogP contribution in [0.3, 0.4) is 0 Å². The van der Waals surface area contributed by atoms with E-state index in [0.29, 0.717) is 6.07 Å². The molecule has 0 aromatic heterocycles. The fourth-order valence-electron chi connectivity index (χ4n) is 1.80. The summed E-state index contributed by atoms with van der Waals surface area (Å²) >= 11 is 0. The van der Waals surface area contributed by atoms with Gasteiger partial charge in [0.05, 0.1) is 22.9 Å². The fraction of sp³-hybridized carbons (Fsp3) is 0.385. The molecule has 0 saturated heterocycles. The first kappa shape index (κ1) is 18.9. The van der Waals surface area contributed by atoms with Crippen molar-refractivity contribution in [3.8, 4) is 6.07 Å². The number of anilines is 1. The van der Waals surface area contributed by atoms with Crippen molar-refractivity contribution < 1.29 is 31.5 Å². The largest absolute Gasteiger partial charge is 0.417 e. The minimum absolute atomic E-state index is 0.324. The molecule has 1 rings (SSSR count). The SMILES string of the molecule is CC(O)(CS(C)(=O)=O)C(=O)Nc1ccc(C#N)c(C(F)(F)F)c1. The number of sulfone groups is 1. The molecule has 10 heteroatoms. The zero-order chi connectivity index (χ0) is 18.1. The molecule has 1 amide bonds. The van der Waals surface area contributed by atoms with Crippen LogP contribution in [0, 0.1) is 11.3 Å². The highest BCUT2D eigenvalue weighted by Crippen LogP contribution is 2.33. The van der Waals surface area contributed by atoms with Crippen molar-refractivity contribution in [2.75, 3.05) is 17.3 Å². The minimum atomic E-state index is -4.80. The first-order valence-corrected chi connectivity index (χ1v) is 8.15. The Labute approximate surface area is 130 Å². The van der Waals surface area contributed by atoms with Gasteiger partial charge in [-0.2, -0.15) is 18.4 Å². The molecule has 1 unspecified atom stereocenters. The van der Waals surface area contributed by atoms with Crippen LogP contribution in [-0.4, -0.2) is 37.0 Å². The Morgan fingerprint density at radius 2 is 1.96 bits per heavy atom. The van der Waals surface area contributed by atoms with Crippen molar-refractivity contribution in [3.63, 3.8) is 0 Å². The number of halogens is 3. The van der Waals surface area contributed by atoms with Gasteiger partial charge in [0.1, 0.15) is 0 Å². The van der Waals surface area contributed by atoms with Crippen LogP contribution in [0.25, 0.3) is 0 Å². The summed E-state index contributed by atoms with van der Waals surface area (Å²) in [5.41, 5.74) is -4.52. The first-order valence-electron chi connectivity index (χ1n) is 6.09. The monoisotopic (exact) mass is 350 g/mol. The van der Waals surface area contributed by atoms with Gasteiger partial charge in [0.2, 0.25) is 0 Å². The molecular weight excluding hydrogens is 337 g/mol. The lowest BCUT2D eigenvalue weighted by Crippen LogP contribution is -2.45. The van der Waals surface area contributed by atoms with Gasteiger partial charge < -0.3 is 10.4 Å². The van der Waals surface area contributed by atoms with Crippen molar-refractivity contribution in [2.24, 2.45) is 0 Å². The highest BCUT2D eigenvalue weighted by atomic mass is 32.2. The van der Waals surface area contributed by atoms with Gasteiger partial charge >= 0.3 is 6.18 Å². The number of hydrogen-bond acceptors (Lipinski definition) is 5. The number of carbonyl (C=O) groups is 1. The standard InChI is InChI=1S/C13H13F3N2O4S/c1-12(20,7-23(2,21)22)11(19)18-9-4-3-8(6-17)10(5-9)13(14,15)16/h3-5,20H,7H2,1-2H3,(H,18,19). The summed E-state index contributed by atoms with van der Waals surface area (Å²) in [5.74, 6) is -2.07. The number of rotatable bonds is 4. The molecule has 1 aromatic rings. The maximum Gasteiger partial charge on any atom is 0.417 e. The molecule has 0 spiro atoms. The molecule has 0 aliphatic rings. The molecule has 0 saturated carbocycles. The Morgan fingerprint density at radius 3 is 2.39 bits per heavy atom. The summed E-state index contributed by atoms with van der Waals surface area (Å²) in [6.07, 6.45) is -4.00. The highest BCUT2D eigenvalue weighted by molar-refractivity contribution is 7.90. The Hall–Kier alpha value is -2.12. The summed E-state index contributed by atoms with van der Waals surface area (Å²) in [6, 6.07) is 3.83. The van der Waals surface area contributed by atoms with Gasteiger partial charge in [-0.3, -0.25) is 4.79 Å². The second-order valence-electron chi connectivity index (χ2n) is 5.17. The summed E-state index contributed by atoms with van der Waals surface area (Å²) in [5, 5.41) is 20.5. The van der Waals surface area contributed by atoms with Crippen molar-refractivity contribution in [3.05, 3.63) is 29.3 Å².